The highest BCUT2D eigenvalue weighted by molar-refractivity contribution is 6.51. The van der Waals surface area contributed by atoms with E-state index >= 15 is 0 Å². The van der Waals surface area contributed by atoms with Crippen molar-refractivity contribution in [3.8, 4) is 11.5 Å². The first-order chi connectivity index (χ1) is 16.5. The molecule has 1 amide bonds. The van der Waals surface area contributed by atoms with Gasteiger partial charge in [0.05, 0.1) is 24.5 Å². The molecule has 0 aliphatic carbocycles. The van der Waals surface area contributed by atoms with E-state index in [-0.39, 0.29) is 11.3 Å². The van der Waals surface area contributed by atoms with E-state index in [1.54, 1.807) is 72.9 Å². The average molecular weight is 459 g/mol. The number of hydrogen-bond donors (Lipinski definition) is 1. The number of pyridine rings is 1. The fourth-order valence-electron chi connectivity index (χ4n) is 3.89. The van der Waals surface area contributed by atoms with Crippen LogP contribution in [0.3, 0.4) is 0 Å². The number of amides is 1. The van der Waals surface area contributed by atoms with Crippen LogP contribution >= 0.6 is 0 Å². The Morgan fingerprint density at radius 2 is 1.76 bits per heavy atom. The molecule has 0 saturated carbocycles. The zero-order valence-electron chi connectivity index (χ0n) is 19.1. The van der Waals surface area contributed by atoms with Crippen molar-refractivity contribution in [3.63, 3.8) is 0 Å². The predicted octanol–water partition coefficient (Wildman–Crippen LogP) is 4.90. The van der Waals surface area contributed by atoms with Crippen LogP contribution in [0.15, 0.2) is 78.5 Å². The second-order valence-corrected chi connectivity index (χ2v) is 7.73. The summed E-state index contributed by atoms with van der Waals surface area (Å²) in [4.78, 5) is 32.2. The summed E-state index contributed by atoms with van der Waals surface area (Å²) in [7, 11) is 0. The summed E-state index contributed by atoms with van der Waals surface area (Å²) >= 11 is 0. The maximum atomic E-state index is 13.2. The second-order valence-electron chi connectivity index (χ2n) is 7.73. The van der Waals surface area contributed by atoms with Crippen LogP contribution in [0.1, 0.15) is 37.6 Å². The Balaban J connectivity index is 1.82. The standard InChI is InChI=1S/C27H26N2O5/c1-3-16-34-20-13-11-18(12-14-20)25(30)23-24(22-10-5-6-15-28-22)29(27(32)26(23)31)19-8-7-9-21(17-19)33-4-2/h5-15,17,24,30H,3-4,16H2,1-2H3/b25-23+. The first-order valence-electron chi connectivity index (χ1n) is 11.2. The zero-order chi connectivity index (χ0) is 24.1. The third-order valence-electron chi connectivity index (χ3n) is 5.42. The molecule has 1 unspecified atom stereocenters. The first kappa shape index (κ1) is 23.0. The highest BCUT2D eigenvalue weighted by Gasteiger charge is 2.47. The predicted molar refractivity (Wildman–Crippen MR) is 129 cm³/mol. The molecule has 1 fully saturated rings. The maximum absolute atomic E-state index is 13.2. The van der Waals surface area contributed by atoms with Crippen molar-refractivity contribution >= 4 is 23.1 Å². The number of rotatable bonds is 8. The Kier molecular flexibility index (Phi) is 6.92. The van der Waals surface area contributed by atoms with Gasteiger partial charge in [0, 0.05) is 23.5 Å². The molecule has 1 saturated heterocycles. The Hall–Kier alpha value is -4.13. The molecule has 3 aromatic rings. The van der Waals surface area contributed by atoms with Gasteiger partial charge in [-0.15, -0.1) is 0 Å². The molecule has 2 heterocycles. The maximum Gasteiger partial charge on any atom is 0.300 e. The molecule has 0 radical (unpaired) electrons. The van der Waals surface area contributed by atoms with Crippen LogP contribution < -0.4 is 14.4 Å². The van der Waals surface area contributed by atoms with Gasteiger partial charge in [-0.3, -0.25) is 19.5 Å². The molecule has 0 spiro atoms. The molecule has 174 valence electrons. The number of aliphatic hydroxyl groups excluding tert-OH is 1. The number of aromatic nitrogens is 1. The topological polar surface area (TPSA) is 89.0 Å². The molecule has 1 atom stereocenters. The number of ketones is 1. The number of carbonyl (C=O) groups is 2. The Morgan fingerprint density at radius 3 is 2.44 bits per heavy atom. The summed E-state index contributed by atoms with van der Waals surface area (Å²) in [6, 6.07) is 18.1. The average Bonchev–Trinajstić information content (AvgIpc) is 3.14. The highest BCUT2D eigenvalue weighted by Crippen LogP contribution is 2.42. The van der Waals surface area contributed by atoms with Crippen LogP contribution in [0.5, 0.6) is 11.5 Å². The smallest absolute Gasteiger partial charge is 0.300 e. The van der Waals surface area contributed by atoms with Gasteiger partial charge in [0.25, 0.3) is 11.7 Å². The Morgan fingerprint density at radius 1 is 0.971 bits per heavy atom. The van der Waals surface area contributed by atoms with Crippen molar-refractivity contribution in [1.29, 1.82) is 0 Å². The lowest BCUT2D eigenvalue weighted by Crippen LogP contribution is -2.29. The molecule has 7 nitrogen and oxygen atoms in total. The third kappa shape index (κ3) is 4.50. The fraction of sp³-hybridized carbons (Fsp3) is 0.222. The van der Waals surface area contributed by atoms with Crippen molar-refractivity contribution in [2.75, 3.05) is 18.1 Å². The van der Waals surface area contributed by atoms with Crippen LogP contribution in [0, 0.1) is 0 Å². The van der Waals surface area contributed by atoms with Crippen molar-refractivity contribution in [1.82, 2.24) is 4.98 Å². The van der Waals surface area contributed by atoms with Gasteiger partial charge < -0.3 is 14.6 Å². The van der Waals surface area contributed by atoms with E-state index in [0.29, 0.717) is 41.7 Å². The normalized spacial score (nSPS) is 17.1. The lowest BCUT2D eigenvalue weighted by Gasteiger charge is -2.25. The monoisotopic (exact) mass is 458 g/mol. The number of hydrogen-bond acceptors (Lipinski definition) is 6. The minimum atomic E-state index is -0.894. The Bertz CT molecular complexity index is 1210. The molecule has 7 heteroatoms. The summed E-state index contributed by atoms with van der Waals surface area (Å²) in [6.45, 7) is 4.92. The quantitative estimate of drug-likeness (QED) is 0.294. The van der Waals surface area contributed by atoms with E-state index in [2.05, 4.69) is 4.98 Å². The number of aliphatic hydroxyl groups is 1. The van der Waals surface area contributed by atoms with Crippen LogP contribution in [-0.2, 0) is 9.59 Å². The van der Waals surface area contributed by atoms with Crippen molar-refractivity contribution < 1.29 is 24.2 Å². The van der Waals surface area contributed by atoms with Gasteiger partial charge in [-0.2, -0.15) is 0 Å². The van der Waals surface area contributed by atoms with Crippen molar-refractivity contribution in [3.05, 3.63) is 89.8 Å². The van der Waals surface area contributed by atoms with Crippen LogP contribution in [0.2, 0.25) is 0 Å². The Labute approximate surface area is 198 Å². The van der Waals surface area contributed by atoms with E-state index in [0.717, 1.165) is 6.42 Å². The summed E-state index contributed by atoms with van der Waals surface area (Å²) in [5.74, 6) is -0.549. The van der Waals surface area contributed by atoms with Gasteiger partial charge in [-0.25, -0.2) is 0 Å². The summed E-state index contributed by atoms with van der Waals surface area (Å²) in [5, 5.41) is 11.2. The van der Waals surface area contributed by atoms with Gasteiger partial charge in [-0.1, -0.05) is 19.1 Å². The largest absolute Gasteiger partial charge is 0.507 e. The minimum Gasteiger partial charge on any atom is -0.507 e. The summed E-state index contributed by atoms with van der Waals surface area (Å²) < 4.78 is 11.2. The molecular formula is C27H26N2O5. The van der Waals surface area contributed by atoms with E-state index in [1.165, 1.54) is 4.90 Å². The van der Waals surface area contributed by atoms with Gasteiger partial charge in [0.15, 0.2) is 0 Å². The van der Waals surface area contributed by atoms with E-state index in [4.69, 9.17) is 9.47 Å². The summed E-state index contributed by atoms with van der Waals surface area (Å²) in [5.41, 5.74) is 1.33. The minimum absolute atomic E-state index is 0.0206. The second kappa shape index (κ2) is 10.2. The van der Waals surface area contributed by atoms with Crippen LogP contribution in [0.25, 0.3) is 5.76 Å². The van der Waals surface area contributed by atoms with Crippen molar-refractivity contribution in [2.24, 2.45) is 0 Å². The van der Waals surface area contributed by atoms with E-state index in [9.17, 15) is 14.7 Å². The molecule has 1 aliphatic rings. The molecule has 1 N–H and O–H groups in total. The molecular weight excluding hydrogens is 432 g/mol. The molecule has 2 aromatic carbocycles. The number of Topliss-reactive ketones (excluding diaryl/α,β-unsaturated/α-hetero) is 1. The third-order valence-corrected chi connectivity index (χ3v) is 5.42. The SMILES string of the molecule is CCCOc1ccc(/C(O)=C2\C(=O)C(=O)N(c3cccc(OCC)c3)C2c2ccccn2)cc1. The number of anilines is 1. The number of ether oxygens (including phenoxy) is 2. The van der Waals surface area contributed by atoms with Gasteiger partial charge in [0.2, 0.25) is 0 Å². The van der Waals surface area contributed by atoms with Crippen LogP contribution in [0.4, 0.5) is 5.69 Å². The van der Waals surface area contributed by atoms with E-state index in [1.807, 2.05) is 13.8 Å². The lowest BCUT2D eigenvalue weighted by molar-refractivity contribution is -0.132. The molecule has 4 rings (SSSR count). The lowest BCUT2D eigenvalue weighted by atomic mass is 9.98. The highest BCUT2D eigenvalue weighted by atomic mass is 16.5. The fourth-order valence-corrected chi connectivity index (χ4v) is 3.89. The van der Waals surface area contributed by atoms with Gasteiger partial charge >= 0.3 is 0 Å². The van der Waals surface area contributed by atoms with Gasteiger partial charge in [0.1, 0.15) is 23.3 Å². The zero-order valence-corrected chi connectivity index (χ0v) is 19.1. The van der Waals surface area contributed by atoms with Crippen molar-refractivity contribution in [2.45, 2.75) is 26.3 Å². The van der Waals surface area contributed by atoms with E-state index < -0.39 is 17.7 Å². The molecule has 1 aliphatic heterocycles. The number of benzene rings is 2. The molecule has 34 heavy (non-hydrogen) atoms. The summed E-state index contributed by atoms with van der Waals surface area (Å²) in [6.07, 6.45) is 2.46. The van der Waals surface area contributed by atoms with Crippen LogP contribution in [-0.4, -0.2) is 35.0 Å². The number of nitrogens with zero attached hydrogens (tertiary/aromatic N) is 2. The van der Waals surface area contributed by atoms with Gasteiger partial charge in [-0.05, 0) is 61.9 Å². The first-order valence-corrected chi connectivity index (χ1v) is 11.2. The molecule has 1 aromatic heterocycles. The number of carbonyl (C=O) groups excluding carboxylic acids is 2. The molecule has 0 bridgehead atoms.